The molecule has 7 nitrogen and oxygen atoms in total. The van der Waals surface area contributed by atoms with Gasteiger partial charge in [0.2, 0.25) is 5.91 Å². The van der Waals surface area contributed by atoms with E-state index >= 15 is 0 Å². The number of anilines is 1. The lowest BCUT2D eigenvalue weighted by molar-refractivity contribution is -0.117. The summed E-state index contributed by atoms with van der Waals surface area (Å²) < 4.78 is 5.12. The molecule has 0 atom stereocenters. The summed E-state index contributed by atoms with van der Waals surface area (Å²) in [6.07, 6.45) is 2.22. The van der Waals surface area contributed by atoms with Crippen LogP contribution in [-0.2, 0) is 11.2 Å². The molecule has 0 radical (unpaired) electrons. The van der Waals surface area contributed by atoms with E-state index in [9.17, 15) is 9.59 Å². The molecule has 1 saturated carbocycles. The van der Waals surface area contributed by atoms with Crippen LogP contribution in [0.1, 0.15) is 40.7 Å². The summed E-state index contributed by atoms with van der Waals surface area (Å²) in [5.41, 5.74) is 5.85. The molecule has 3 rings (SSSR count). The number of rotatable bonds is 5. The van der Waals surface area contributed by atoms with E-state index in [1.54, 1.807) is 11.4 Å². The molecule has 1 aliphatic rings. The summed E-state index contributed by atoms with van der Waals surface area (Å²) in [5, 5.41) is 8.45. The van der Waals surface area contributed by atoms with Crippen LogP contribution in [0.15, 0.2) is 16.0 Å². The van der Waals surface area contributed by atoms with Crippen molar-refractivity contribution in [3.8, 4) is 0 Å². The molecule has 0 saturated heterocycles. The van der Waals surface area contributed by atoms with Crippen molar-refractivity contribution in [2.75, 3.05) is 5.32 Å². The van der Waals surface area contributed by atoms with Gasteiger partial charge >= 0.3 is 0 Å². The molecule has 0 aromatic carbocycles. The lowest BCUT2D eigenvalue weighted by Crippen LogP contribution is -2.14. The van der Waals surface area contributed by atoms with Gasteiger partial charge in [-0.2, -0.15) is 0 Å². The van der Waals surface area contributed by atoms with Crippen molar-refractivity contribution in [1.82, 2.24) is 10.1 Å². The second-order valence-electron chi connectivity index (χ2n) is 4.63. The molecule has 0 unspecified atom stereocenters. The topological polar surface area (TPSA) is 111 Å². The molecule has 0 aliphatic heterocycles. The Morgan fingerprint density at radius 3 is 3.00 bits per heavy atom. The zero-order valence-corrected chi connectivity index (χ0v) is 11.3. The largest absolute Gasteiger partial charge is 0.369 e. The second-order valence-corrected chi connectivity index (χ2v) is 5.49. The van der Waals surface area contributed by atoms with Gasteiger partial charge in [-0.05, 0) is 12.8 Å². The number of thiazole rings is 1. The van der Waals surface area contributed by atoms with E-state index in [1.807, 2.05) is 0 Å². The molecule has 2 aromatic heterocycles. The van der Waals surface area contributed by atoms with Crippen molar-refractivity contribution in [1.29, 1.82) is 0 Å². The summed E-state index contributed by atoms with van der Waals surface area (Å²) in [4.78, 5) is 26.8. The molecule has 1 fully saturated rings. The average molecular weight is 292 g/mol. The highest BCUT2D eigenvalue weighted by atomic mass is 32.1. The molecule has 2 amide bonds. The Hall–Kier alpha value is -2.22. The predicted molar refractivity (Wildman–Crippen MR) is 71.4 cm³/mol. The van der Waals surface area contributed by atoms with E-state index in [-0.39, 0.29) is 18.0 Å². The maximum atomic E-state index is 11.9. The van der Waals surface area contributed by atoms with Crippen LogP contribution >= 0.6 is 11.3 Å². The number of primary amides is 1. The molecule has 20 heavy (non-hydrogen) atoms. The Labute approximate surface area is 118 Å². The van der Waals surface area contributed by atoms with Crippen molar-refractivity contribution in [3.05, 3.63) is 28.6 Å². The van der Waals surface area contributed by atoms with Crippen molar-refractivity contribution >= 4 is 28.3 Å². The number of hydrogen-bond donors (Lipinski definition) is 2. The van der Waals surface area contributed by atoms with Gasteiger partial charge in [0.15, 0.2) is 10.8 Å². The Morgan fingerprint density at radius 2 is 2.30 bits per heavy atom. The van der Waals surface area contributed by atoms with Crippen LogP contribution in [0, 0.1) is 0 Å². The number of carbonyl (C=O) groups excluding carboxylic acids is 2. The number of nitrogens with two attached hydrogens (primary N) is 1. The van der Waals surface area contributed by atoms with E-state index in [4.69, 9.17) is 10.3 Å². The van der Waals surface area contributed by atoms with E-state index < -0.39 is 5.91 Å². The minimum Gasteiger partial charge on any atom is -0.369 e. The van der Waals surface area contributed by atoms with Gasteiger partial charge in [0.25, 0.3) is 5.91 Å². The molecule has 0 bridgehead atoms. The van der Waals surface area contributed by atoms with Crippen molar-refractivity contribution < 1.29 is 14.1 Å². The molecule has 104 valence electrons. The Kier molecular flexibility index (Phi) is 3.23. The molecular formula is C12H12N4O3S. The van der Waals surface area contributed by atoms with Crippen LogP contribution in [0.25, 0.3) is 0 Å². The van der Waals surface area contributed by atoms with E-state index in [0.29, 0.717) is 16.7 Å². The smallest absolute Gasteiger partial charge is 0.279 e. The van der Waals surface area contributed by atoms with Gasteiger partial charge in [-0.3, -0.25) is 14.9 Å². The SMILES string of the molecule is NC(=O)Cc1csc(NC(=O)c2cc(C3CC3)on2)n1. The fourth-order valence-electron chi connectivity index (χ4n) is 1.74. The second kappa shape index (κ2) is 5.04. The quantitative estimate of drug-likeness (QED) is 0.862. The van der Waals surface area contributed by atoms with E-state index in [2.05, 4.69) is 15.5 Å². The standard InChI is InChI=1S/C12H12N4O3S/c13-10(17)3-7-5-20-12(14-7)15-11(18)8-4-9(19-16-8)6-1-2-6/h4-6H,1-3H2,(H2,13,17)(H,14,15,18). The first-order chi connectivity index (χ1) is 9.61. The maximum absolute atomic E-state index is 11.9. The molecule has 2 heterocycles. The van der Waals surface area contributed by atoms with Gasteiger partial charge in [-0.1, -0.05) is 5.16 Å². The fourth-order valence-corrected chi connectivity index (χ4v) is 2.45. The van der Waals surface area contributed by atoms with Crippen LogP contribution in [0.2, 0.25) is 0 Å². The molecule has 1 aliphatic carbocycles. The minimum absolute atomic E-state index is 0.0577. The van der Waals surface area contributed by atoms with Crippen molar-refractivity contribution in [3.63, 3.8) is 0 Å². The monoisotopic (exact) mass is 292 g/mol. The first-order valence-electron chi connectivity index (χ1n) is 6.12. The fraction of sp³-hybridized carbons (Fsp3) is 0.333. The van der Waals surface area contributed by atoms with Gasteiger partial charge in [0.1, 0.15) is 5.76 Å². The lowest BCUT2D eigenvalue weighted by Gasteiger charge is -1.96. The maximum Gasteiger partial charge on any atom is 0.279 e. The third-order valence-corrected chi connectivity index (χ3v) is 3.67. The summed E-state index contributed by atoms with van der Waals surface area (Å²) in [5.74, 6) is 0.328. The molecular weight excluding hydrogens is 280 g/mol. The van der Waals surface area contributed by atoms with Crippen molar-refractivity contribution in [2.24, 2.45) is 5.73 Å². The molecule has 0 spiro atoms. The average Bonchev–Trinajstić information content (AvgIpc) is 2.96. The van der Waals surface area contributed by atoms with Crippen LogP contribution in [0.4, 0.5) is 5.13 Å². The first kappa shape index (κ1) is 12.8. The third kappa shape index (κ3) is 2.85. The summed E-state index contributed by atoms with van der Waals surface area (Å²) >= 11 is 1.23. The van der Waals surface area contributed by atoms with Gasteiger partial charge in [0.05, 0.1) is 12.1 Å². The summed E-state index contributed by atoms with van der Waals surface area (Å²) in [6.45, 7) is 0. The highest BCUT2D eigenvalue weighted by Gasteiger charge is 2.29. The number of hydrogen-bond acceptors (Lipinski definition) is 6. The Morgan fingerprint density at radius 1 is 1.50 bits per heavy atom. The zero-order valence-electron chi connectivity index (χ0n) is 10.5. The minimum atomic E-state index is -0.459. The Balaban J connectivity index is 1.65. The van der Waals surface area contributed by atoms with Crippen molar-refractivity contribution in [2.45, 2.75) is 25.2 Å². The third-order valence-electron chi connectivity index (χ3n) is 2.87. The normalized spacial score (nSPS) is 14.2. The van der Waals surface area contributed by atoms with Gasteiger partial charge < -0.3 is 10.3 Å². The highest BCUT2D eigenvalue weighted by Crippen LogP contribution is 2.40. The molecule has 3 N–H and O–H groups in total. The van der Waals surface area contributed by atoms with Crippen LogP contribution < -0.4 is 11.1 Å². The van der Waals surface area contributed by atoms with Crippen LogP contribution in [0.3, 0.4) is 0 Å². The predicted octanol–water partition coefficient (Wildman–Crippen LogP) is 1.29. The first-order valence-corrected chi connectivity index (χ1v) is 7.00. The van der Waals surface area contributed by atoms with Crippen LogP contribution in [-0.4, -0.2) is 22.0 Å². The van der Waals surface area contributed by atoms with Gasteiger partial charge in [0, 0.05) is 17.4 Å². The molecule has 8 heteroatoms. The highest BCUT2D eigenvalue weighted by molar-refractivity contribution is 7.14. The number of nitrogens with one attached hydrogen (secondary N) is 1. The van der Waals surface area contributed by atoms with Gasteiger partial charge in [-0.15, -0.1) is 11.3 Å². The summed E-state index contributed by atoms with van der Waals surface area (Å²) in [7, 11) is 0. The van der Waals surface area contributed by atoms with Crippen LogP contribution in [0.5, 0.6) is 0 Å². The molecule has 2 aromatic rings. The number of aromatic nitrogens is 2. The number of amides is 2. The van der Waals surface area contributed by atoms with Gasteiger partial charge in [-0.25, -0.2) is 4.98 Å². The number of carbonyl (C=O) groups is 2. The van der Waals surface area contributed by atoms with E-state index in [1.165, 1.54) is 11.3 Å². The Bertz CT molecular complexity index is 659. The number of nitrogens with zero attached hydrogens (tertiary/aromatic N) is 2. The zero-order chi connectivity index (χ0) is 14.1. The lowest BCUT2D eigenvalue weighted by atomic mass is 10.3. The summed E-state index contributed by atoms with van der Waals surface area (Å²) in [6, 6.07) is 1.66. The van der Waals surface area contributed by atoms with E-state index in [0.717, 1.165) is 18.6 Å².